The van der Waals surface area contributed by atoms with Crippen LogP contribution in [0.5, 0.6) is 0 Å². The van der Waals surface area contributed by atoms with Crippen LogP contribution in [0.1, 0.15) is 33.6 Å². The van der Waals surface area contributed by atoms with Crippen molar-refractivity contribution < 1.29 is 8.42 Å². The molecule has 14 heavy (non-hydrogen) atoms. The van der Waals surface area contributed by atoms with Crippen molar-refractivity contribution in [1.82, 2.24) is 4.72 Å². The van der Waals surface area contributed by atoms with Crippen molar-refractivity contribution in [2.45, 2.75) is 45.0 Å². The predicted molar refractivity (Wildman–Crippen MR) is 59.0 cm³/mol. The topological polar surface area (TPSA) is 46.2 Å². The van der Waals surface area contributed by atoms with Gasteiger partial charge in [-0.1, -0.05) is 20.8 Å². The fourth-order valence-corrected chi connectivity index (χ4v) is 3.86. The SMILES string of the molecule is CC(C)(C)CS(=O)(=O)NC1CC(Cl)C1. The van der Waals surface area contributed by atoms with Crippen molar-refractivity contribution in [1.29, 1.82) is 0 Å². The van der Waals surface area contributed by atoms with Crippen LogP contribution < -0.4 is 4.72 Å². The first-order valence-corrected chi connectivity index (χ1v) is 6.91. The van der Waals surface area contributed by atoms with Crippen LogP contribution in [0.25, 0.3) is 0 Å². The monoisotopic (exact) mass is 239 g/mol. The summed E-state index contributed by atoms with van der Waals surface area (Å²) >= 11 is 5.77. The lowest BCUT2D eigenvalue weighted by Crippen LogP contribution is -2.46. The fraction of sp³-hybridized carbons (Fsp3) is 1.00. The quantitative estimate of drug-likeness (QED) is 0.763. The Labute approximate surface area is 91.3 Å². The van der Waals surface area contributed by atoms with Gasteiger partial charge in [0.15, 0.2) is 0 Å². The van der Waals surface area contributed by atoms with E-state index in [0.717, 1.165) is 12.8 Å². The number of sulfonamides is 1. The minimum atomic E-state index is -3.13. The van der Waals surface area contributed by atoms with Crippen LogP contribution in [-0.2, 0) is 10.0 Å². The number of rotatable bonds is 3. The molecule has 1 aliphatic carbocycles. The van der Waals surface area contributed by atoms with E-state index in [4.69, 9.17) is 11.6 Å². The van der Waals surface area contributed by atoms with Gasteiger partial charge in [-0.3, -0.25) is 0 Å². The number of nitrogens with one attached hydrogen (secondary N) is 1. The molecule has 1 aliphatic rings. The molecule has 3 nitrogen and oxygen atoms in total. The molecule has 0 aromatic rings. The molecule has 0 radical (unpaired) electrons. The first-order valence-electron chi connectivity index (χ1n) is 4.82. The molecule has 1 rings (SSSR count). The average Bonchev–Trinajstić information content (AvgIpc) is 1.76. The summed E-state index contributed by atoms with van der Waals surface area (Å²) in [7, 11) is -3.13. The Kier molecular flexibility index (Phi) is 3.49. The molecule has 0 heterocycles. The molecule has 0 amide bonds. The number of alkyl halides is 1. The highest BCUT2D eigenvalue weighted by molar-refractivity contribution is 7.89. The second kappa shape index (κ2) is 3.99. The third kappa shape index (κ3) is 4.15. The Morgan fingerprint density at radius 1 is 1.36 bits per heavy atom. The molecule has 0 spiro atoms. The summed E-state index contributed by atoms with van der Waals surface area (Å²) in [4.78, 5) is 0. The molecule has 0 aromatic heterocycles. The van der Waals surface area contributed by atoms with E-state index in [2.05, 4.69) is 4.72 Å². The van der Waals surface area contributed by atoms with E-state index in [1.807, 2.05) is 20.8 Å². The standard InChI is InChI=1S/C9H18ClNO2S/c1-9(2,3)6-14(12,13)11-8-4-7(10)5-8/h7-8,11H,4-6H2,1-3H3. The van der Waals surface area contributed by atoms with E-state index < -0.39 is 10.0 Å². The van der Waals surface area contributed by atoms with Crippen molar-refractivity contribution in [2.24, 2.45) is 5.41 Å². The lowest BCUT2D eigenvalue weighted by atomic mass is 9.94. The second-order valence-electron chi connectivity index (χ2n) is 5.20. The van der Waals surface area contributed by atoms with Gasteiger partial charge in [0.25, 0.3) is 0 Å². The molecular weight excluding hydrogens is 222 g/mol. The van der Waals surface area contributed by atoms with Crippen molar-refractivity contribution in [3.05, 3.63) is 0 Å². The Morgan fingerprint density at radius 2 is 1.86 bits per heavy atom. The minimum Gasteiger partial charge on any atom is -0.212 e. The van der Waals surface area contributed by atoms with Crippen molar-refractivity contribution in [2.75, 3.05) is 5.75 Å². The normalized spacial score (nSPS) is 28.6. The van der Waals surface area contributed by atoms with Gasteiger partial charge in [-0.05, 0) is 18.3 Å². The molecule has 0 aliphatic heterocycles. The summed E-state index contributed by atoms with van der Waals surface area (Å²) < 4.78 is 25.9. The Morgan fingerprint density at radius 3 is 2.21 bits per heavy atom. The van der Waals surface area contributed by atoms with Gasteiger partial charge >= 0.3 is 0 Å². The molecule has 1 fully saturated rings. The lowest BCUT2D eigenvalue weighted by molar-refractivity contribution is 0.385. The molecule has 0 aromatic carbocycles. The van der Waals surface area contributed by atoms with Crippen molar-refractivity contribution in [3.8, 4) is 0 Å². The largest absolute Gasteiger partial charge is 0.212 e. The average molecular weight is 240 g/mol. The van der Waals surface area contributed by atoms with Crippen LogP contribution in [0.3, 0.4) is 0 Å². The van der Waals surface area contributed by atoms with Gasteiger partial charge < -0.3 is 0 Å². The molecule has 0 unspecified atom stereocenters. The number of hydrogen-bond donors (Lipinski definition) is 1. The minimum absolute atomic E-state index is 0.0600. The first kappa shape index (κ1) is 12.3. The van der Waals surface area contributed by atoms with Gasteiger partial charge in [-0.25, -0.2) is 13.1 Å². The molecule has 0 bridgehead atoms. The van der Waals surface area contributed by atoms with Crippen LogP contribution in [0, 0.1) is 5.41 Å². The summed E-state index contributed by atoms with van der Waals surface area (Å²) in [6.45, 7) is 5.74. The van der Waals surface area contributed by atoms with E-state index in [1.165, 1.54) is 0 Å². The first-order chi connectivity index (χ1) is 6.18. The van der Waals surface area contributed by atoms with Gasteiger partial charge in [0.05, 0.1) is 5.75 Å². The van der Waals surface area contributed by atoms with Gasteiger partial charge in [0.2, 0.25) is 10.0 Å². The smallest absolute Gasteiger partial charge is 0.212 e. The molecule has 0 atom stereocenters. The van der Waals surface area contributed by atoms with Crippen LogP contribution in [-0.4, -0.2) is 25.6 Å². The van der Waals surface area contributed by atoms with Gasteiger partial charge in [-0.15, -0.1) is 11.6 Å². The maximum Gasteiger partial charge on any atom is 0.212 e. The highest BCUT2D eigenvalue weighted by atomic mass is 35.5. The Balaban J connectivity index is 2.43. The third-order valence-electron chi connectivity index (χ3n) is 2.05. The maximum absolute atomic E-state index is 11.6. The van der Waals surface area contributed by atoms with E-state index in [-0.39, 0.29) is 22.6 Å². The van der Waals surface area contributed by atoms with E-state index in [0.29, 0.717) is 0 Å². The van der Waals surface area contributed by atoms with Crippen LogP contribution in [0.15, 0.2) is 0 Å². The van der Waals surface area contributed by atoms with Crippen molar-refractivity contribution >= 4 is 21.6 Å². The maximum atomic E-state index is 11.6. The lowest BCUT2D eigenvalue weighted by Gasteiger charge is -2.32. The molecule has 84 valence electrons. The second-order valence-corrected chi connectivity index (χ2v) is 7.57. The van der Waals surface area contributed by atoms with Gasteiger partial charge in [0.1, 0.15) is 0 Å². The highest BCUT2D eigenvalue weighted by Crippen LogP contribution is 2.26. The molecule has 1 saturated carbocycles. The summed E-state index contributed by atoms with van der Waals surface area (Å²) in [5.41, 5.74) is -0.198. The van der Waals surface area contributed by atoms with E-state index >= 15 is 0 Å². The van der Waals surface area contributed by atoms with E-state index in [9.17, 15) is 8.42 Å². The van der Waals surface area contributed by atoms with E-state index in [1.54, 1.807) is 0 Å². The summed E-state index contributed by atoms with van der Waals surface area (Å²) in [5, 5.41) is 0.150. The zero-order valence-electron chi connectivity index (χ0n) is 8.88. The van der Waals surface area contributed by atoms with Crippen LogP contribution in [0.4, 0.5) is 0 Å². The molecule has 5 heteroatoms. The van der Waals surface area contributed by atoms with Crippen molar-refractivity contribution in [3.63, 3.8) is 0 Å². The molecular formula is C9H18ClNO2S. The van der Waals surface area contributed by atoms with Gasteiger partial charge in [0, 0.05) is 11.4 Å². The highest BCUT2D eigenvalue weighted by Gasteiger charge is 2.32. The molecule has 1 N–H and O–H groups in total. The van der Waals surface area contributed by atoms with Gasteiger partial charge in [-0.2, -0.15) is 0 Å². The Bertz CT molecular complexity index is 288. The fourth-order valence-electron chi connectivity index (χ4n) is 1.51. The summed E-state index contributed by atoms with van der Waals surface area (Å²) in [5.74, 6) is 0.170. The number of halogens is 1. The summed E-state index contributed by atoms with van der Waals surface area (Å²) in [6, 6.07) is 0.0600. The number of hydrogen-bond acceptors (Lipinski definition) is 2. The molecule has 0 saturated heterocycles. The zero-order valence-corrected chi connectivity index (χ0v) is 10.5. The van der Waals surface area contributed by atoms with Crippen LogP contribution >= 0.6 is 11.6 Å². The summed E-state index contributed by atoms with van der Waals surface area (Å²) in [6.07, 6.45) is 1.51. The third-order valence-corrected chi connectivity index (χ3v) is 4.34. The Hall–Kier alpha value is 0.200. The predicted octanol–water partition coefficient (Wildman–Crippen LogP) is 1.72. The van der Waals surface area contributed by atoms with Crippen LogP contribution in [0.2, 0.25) is 0 Å². The zero-order chi connectivity index (χ0) is 11.0.